The Bertz CT molecular complexity index is 486. The normalized spacial score (nSPS) is 15.1. The Morgan fingerprint density at radius 2 is 2.05 bits per heavy atom. The lowest BCUT2D eigenvalue weighted by molar-refractivity contribution is -0.128. The maximum absolute atomic E-state index is 12.4. The van der Waals surface area contributed by atoms with Gasteiger partial charge >= 0.3 is 0 Å². The van der Waals surface area contributed by atoms with E-state index in [0.29, 0.717) is 13.0 Å². The van der Waals surface area contributed by atoms with Crippen molar-refractivity contribution < 1.29 is 14.2 Å². The second-order valence-electron chi connectivity index (χ2n) is 4.99. The van der Waals surface area contributed by atoms with Crippen LogP contribution in [0.25, 0.3) is 6.08 Å². The first-order valence-corrected chi connectivity index (χ1v) is 10.1. The molecule has 1 aromatic rings. The number of nitrogens with zero attached hydrogens (tertiary/aromatic N) is 1. The van der Waals surface area contributed by atoms with Crippen LogP contribution in [-0.2, 0) is 15.7 Å². The average molecular weight is 328 g/mol. The largest absolute Gasteiger partial charge is 0.345 e. The molecule has 0 aromatic heterocycles. The monoisotopic (exact) mass is 328 g/mol. The van der Waals surface area contributed by atoms with E-state index in [2.05, 4.69) is 15.5 Å². The molecular formula is C15H24NO3P2+. The van der Waals surface area contributed by atoms with Gasteiger partial charge in [-0.05, 0) is 18.1 Å². The lowest BCUT2D eigenvalue weighted by Gasteiger charge is -2.25. The fourth-order valence-corrected chi connectivity index (χ4v) is 4.74. The van der Waals surface area contributed by atoms with Crippen molar-refractivity contribution in [2.45, 2.75) is 19.0 Å². The molecule has 0 fully saturated rings. The molecule has 0 aliphatic heterocycles. The molecule has 0 heterocycles. The van der Waals surface area contributed by atoms with Gasteiger partial charge in [-0.3, -0.25) is 4.79 Å². The van der Waals surface area contributed by atoms with Crippen molar-refractivity contribution in [1.29, 1.82) is 0 Å². The second-order valence-corrected chi connectivity index (χ2v) is 9.43. The zero-order chi connectivity index (χ0) is 16.0. The molecule has 3 atom stereocenters. The predicted molar refractivity (Wildman–Crippen MR) is 93.2 cm³/mol. The molecule has 0 spiro atoms. The van der Waals surface area contributed by atoms with Crippen molar-refractivity contribution in [2.24, 2.45) is 0 Å². The van der Waals surface area contributed by atoms with Crippen LogP contribution in [0.1, 0.15) is 18.1 Å². The lowest BCUT2D eigenvalue weighted by Crippen LogP contribution is -2.36. The smallest absolute Gasteiger partial charge is 0.294 e. The minimum absolute atomic E-state index is 0.123. The highest BCUT2D eigenvalue weighted by atomic mass is 32.1. The molecular weight excluding hydrogens is 304 g/mol. The molecule has 3 unspecified atom stereocenters. The second kappa shape index (κ2) is 8.00. The highest BCUT2D eigenvalue weighted by Gasteiger charge is 2.48. The van der Waals surface area contributed by atoms with Gasteiger partial charge in [-0.2, -0.15) is 0 Å². The quantitative estimate of drug-likeness (QED) is 0.783. The van der Waals surface area contributed by atoms with E-state index in [0.717, 1.165) is 11.1 Å². The number of carbonyl (C=O) groups excluding carboxylic acids is 1. The summed E-state index contributed by atoms with van der Waals surface area (Å²) in [5.74, 6) is -0.123. The van der Waals surface area contributed by atoms with Crippen LogP contribution in [0.4, 0.5) is 0 Å². The maximum atomic E-state index is 12.4. The number of hydrogen-bond acceptors (Lipinski definition) is 3. The van der Waals surface area contributed by atoms with Gasteiger partial charge in [0.25, 0.3) is 13.3 Å². The molecule has 6 heteroatoms. The number of benzene rings is 1. The van der Waals surface area contributed by atoms with Crippen LogP contribution in [0.5, 0.6) is 0 Å². The van der Waals surface area contributed by atoms with Crippen molar-refractivity contribution in [2.75, 3.05) is 20.7 Å². The fraction of sp³-hybridized carbons (Fsp3) is 0.400. The molecule has 4 nitrogen and oxygen atoms in total. The third kappa shape index (κ3) is 5.16. The first kappa shape index (κ1) is 18.3. The fourth-order valence-electron chi connectivity index (χ4n) is 1.98. The van der Waals surface area contributed by atoms with Gasteiger partial charge < -0.3 is 4.90 Å². The Kier molecular flexibility index (Phi) is 6.96. The Labute approximate surface area is 129 Å². The molecule has 116 valence electrons. The van der Waals surface area contributed by atoms with Crippen LogP contribution >= 0.6 is 16.3 Å². The average Bonchev–Trinajstić information content (AvgIpc) is 2.44. The number of carbonyl (C=O) groups is 1. The van der Waals surface area contributed by atoms with E-state index in [1.54, 1.807) is 20.2 Å². The topological polar surface area (TPSA) is 49.8 Å². The molecule has 0 radical (unpaired) electrons. The highest BCUT2D eigenvalue weighted by molar-refractivity contribution is 8.19. The molecule has 0 bridgehead atoms. The van der Waals surface area contributed by atoms with E-state index in [9.17, 15) is 9.69 Å². The molecule has 1 N–H and O–H groups in total. The van der Waals surface area contributed by atoms with Crippen LogP contribution in [0.3, 0.4) is 0 Å². The summed E-state index contributed by atoms with van der Waals surface area (Å²) in [5, 5.41) is 0. The van der Waals surface area contributed by atoms with Gasteiger partial charge in [-0.25, -0.2) is 9.42 Å². The van der Waals surface area contributed by atoms with Crippen LogP contribution in [-0.4, -0.2) is 42.1 Å². The lowest BCUT2D eigenvalue weighted by atomic mass is 10.1. The number of amides is 1. The molecule has 1 amide bonds. The van der Waals surface area contributed by atoms with E-state index >= 15 is 0 Å². The summed E-state index contributed by atoms with van der Waals surface area (Å²) in [6, 6.07) is 7.79. The molecule has 21 heavy (non-hydrogen) atoms. The van der Waals surface area contributed by atoms with Gasteiger partial charge in [-0.1, -0.05) is 36.9 Å². The van der Waals surface area contributed by atoms with E-state index in [4.69, 9.17) is 4.52 Å². The Balaban J connectivity index is 3.00. The van der Waals surface area contributed by atoms with Crippen molar-refractivity contribution in [3.8, 4) is 0 Å². The van der Waals surface area contributed by atoms with Gasteiger partial charge in [0.1, 0.15) is 0 Å². The summed E-state index contributed by atoms with van der Waals surface area (Å²) >= 11 is 0. The summed E-state index contributed by atoms with van der Waals surface area (Å²) < 4.78 is 5.45. The molecule has 0 aliphatic rings. The summed E-state index contributed by atoms with van der Waals surface area (Å²) in [4.78, 5) is 24.4. The van der Waals surface area contributed by atoms with Crippen LogP contribution in [0, 0.1) is 0 Å². The molecule has 1 rings (SSSR count). The van der Waals surface area contributed by atoms with Crippen molar-refractivity contribution >= 4 is 28.3 Å². The molecule has 0 saturated carbocycles. The van der Waals surface area contributed by atoms with Gasteiger partial charge in [0.2, 0.25) is 5.66 Å². The van der Waals surface area contributed by atoms with Gasteiger partial charge in [0, 0.05) is 20.5 Å². The third-order valence-electron chi connectivity index (χ3n) is 3.15. The van der Waals surface area contributed by atoms with Crippen molar-refractivity contribution in [3.05, 3.63) is 42.0 Å². The SMILES string of the molecule is C=Cc1ccc(CC(C(=O)N(C)C)[P+](O)(P)OCC)cc1. The first-order chi connectivity index (χ1) is 9.81. The van der Waals surface area contributed by atoms with Gasteiger partial charge in [0.15, 0.2) is 0 Å². The van der Waals surface area contributed by atoms with E-state index in [-0.39, 0.29) is 5.91 Å². The number of rotatable bonds is 7. The van der Waals surface area contributed by atoms with Gasteiger partial charge in [-0.15, -0.1) is 0 Å². The standard InChI is InChI=1S/C15H24NO3P2/c1-5-12-7-9-13(10-8-12)11-14(15(17)16(3)4)21(18,20)19-6-2/h5,7-10,14,18H,1,6,11,20H2,2-4H3/q+1. The molecule has 1 aromatic carbocycles. The highest BCUT2D eigenvalue weighted by Crippen LogP contribution is 2.68. The predicted octanol–water partition coefficient (Wildman–Crippen LogP) is 3.00. The van der Waals surface area contributed by atoms with Gasteiger partial charge in [0.05, 0.1) is 15.5 Å². The van der Waals surface area contributed by atoms with E-state index in [1.807, 2.05) is 31.2 Å². The van der Waals surface area contributed by atoms with Crippen LogP contribution in [0.15, 0.2) is 30.8 Å². The van der Waals surface area contributed by atoms with Crippen LogP contribution < -0.4 is 0 Å². The molecule has 0 aliphatic carbocycles. The maximum Gasteiger partial charge on any atom is 0.294 e. The summed E-state index contributed by atoms with van der Waals surface area (Å²) in [7, 11) is 2.89. The Morgan fingerprint density at radius 1 is 1.48 bits per heavy atom. The minimum Gasteiger partial charge on any atom is -0.345 e. The zero-order valence-corrected chi connectivity index (χ0v) is 14.9. The van der Waals surface area contributed by atoms with E-state index < -0.39 is 13.1 Å². The first-order valence-electron chi connectivity index (χ1n) is 6.79. The van der Waals surface area contributed by atoms with Crippen LogP contribution in [0.2, 0.25) is 0 Å². The van der Waals surface area contributed by atoms with E-state index in [1.165, 1.54) is 4.90 Å². The number of hydrogen-bond donors (Lipinski definition) is 1. The zero-order valence-electron chi connectivity index (χ0n) is 12.8. The Hall–Kier alpha value is -0.790. The summed E-state index contributed by atoms with van der Waals surface area (Å²) in [5.41, 5.74) is 1.43. The minimum atomic E-state index is -2.84. The Morgan fingerprint density at radius 3 is 2.48 bits per heavy atom. The summed E-state index contributed by atoms with van der Waals surface area (Å²) in [6.07, 6.45) is 2.22. The molecule has 0 saturated heterocycles. The third-order valence-corrected chi connectivity index (χ3v) is 6.65. The van der Waals surface area contributed by atoms with Crippen molar-refractivity contribution in [3.63, 3.8) is 0 Å². The van der Waals surface area contributed by atoms with Crippen molar-refractivity contribution in [1.82, 2.24) is 4.90 Å². The summed E-state index contributed by atoms with van der Waals surface area (Å²) in [6.45, 7) is 5.90.